The number of para-hydroxylation sites is 1. The maximum atomic E-state index is 13.0. The summed E-state index contributed by atoms with van der Waals surface area (Å²) in [6, 6.07) is 19.2. The maximum absolute atomic E-state index is 13.0. The van der Waals surface area contributed by atoms with Crippen molar-refractivity contribution in [1.29, 1.82) is 0 Å². The van der Waals surface area contributed by atoms with Crippen molar-refractivity contribution < 1.29 is 28.2 Å². The smallest absolute Gasteiger partial charge is 0.416 e. The monoisotopic (exact) mass is 449 g/mol. The number of benzene rings is 3. The number of aromatic hydroxyl groups is 1. The third kappa shape index (κ3) is 3.40. The molecule has 0 unspecified atom stereocenters. The van der Waals surface area contributed by atoms with E-state index in [-0.39, 0.29) is 11.3 Å². The van der Waals surface area contributed by atoms with Crippen molar-refractivity contribution in [3.63, 3.8) is 0 Å². The van der Waals surface area contributed by atoms with Crippen LogP contribution in [0.25, 0.3) is 22.0 Å². The summed E-state index contributed by atoms with van der Waals surface area (Å²) in [4.78, 5) is 16.9. The number of aromatic carboxylic acids is 1. The highest BCUT2D eigenvalue weighted by atomic mass is 19.4. The van der Waals surface area contributed by atoms with E-state index in [1.807, 2.05) is 36.4 Å². The molecule has 2 N–H and O–H groups in total. The van der Waals surface area contributed by atoms with Gasteiger partial charge in [0.1, 0.15) is 5.56 Å². The minimum absolute atomic E-state index is 0.176. The molecular weight excluding hydrogens is 431 g/mol. The number of carbonyl (C=O) groups is 1. The van der Waals surface area contributed by atoms with Crippen LogP contribution in [0.2, 0.25) is 0 Å². The Kier molecular flexibility index (Phi) is 4.67. The number of aromatic nitrogens is 1. The van der Waals surface area contributed by atoms with Crippen molar-refractivity contribution in [2.45, 2.75) is 24.4 Å². The van der Waals surface area contributed by atoms with Gasteiger partial charge in [-0.1, -0.05) is 60.7 Å². The summed E-state index contributed by atoms with van der Waals surface area (Å²) < 4.78 is 39.1. The molecule has 7 heteroatoms. The average molecular weight is 449 g/mol. The van der Waals surface area contributed by atoms with E-state index in [2.05, 4.69) is 0 Å². The molecule has 0 bridgehead atoms. The predicted molar refractivity (Wildman–Crippen MR) is 117 cm³/mol. The Morgan fingerprint density at radius 3 is 2.15 bits per heavy atom. The van der Waals surface area contributed by atoms with Crippen LogP contribution in [0, 0.1) is 0 Å². The molecule has 1 heterocycles. The van der Waals surface area contributed by atoms with E-state index in [4.69, 9.17) is 4.98 Å². The van der Waals surface area contributed by atoms with E-state index in [1.165, 1.54) is 12.1 Å². The fraction of sp³-hybridized carbons (Fsp3) is 0.154. The van der Waals surface area contributed by atoms with Gasteiger partial charge in [0.05, 0.1) is 16.8 Å². The molecule has 0 amide bonds. The second kappa shape index (κ2) is 7.33. The van der Waals surface area contributed by atoms with Crippen molar-refractivity contribution in [3.05, 3.63) is 95.2 Å². The molecule has 1 fully saturated rings. The normalized spacial score (nSPS) is 14.9. The highest BCUT2D eigenvalue weighted by molar-refractivity contribution is 6.09. The maximum Gasteiger partial charge on any atom is 0.416 e. The van der Waals surface area contributed by atoms with Gasteiger partial charge < -0.3 is 10.2 Å². The molecule has 0 atom stereocenters. The highest BCUT2D eigenvalue weighted by Gasteiger charge is 2.50. The Morgan fingerprint density at radius 2 is 1.58 bits per heavy atom. The van der Waals surface area contributed by atoms with Gasteiger partial charge >= 0.3 is 12.1 Å². The van der Waals surface area contributed by atoms with Crippen LogP contribution in [0.5, 0.6) is 5.75 Å². The second-order valence-electron chi connectivity index (χ2n) is 8.21. The number of halogens is 3. The van der Waals surface area contributed by atoms with Crippen LogP contribution in [-0.2, 0) is 11.6 Å². The Morgan fingerprint density at radius 1 is 0.909 bits per heavy atom. The Balaban J connectivity index is 1.75. The molecule has 4 aromatic rings. The number of hydrogen-bond donors (Lipinski definition) is 2. The highest BCUT2D eigenvalue weighted by Crippen LogP contribution is 2.56. The van der Waals surface area contributed by atoms with Crippen LogP contribution in [0.15, 0.2) is 72.8 Å². The van der Waals surface area contributed by atoms with E-state index >= 15 is 0 Å². The van der Waals surface area contributed by atoms with Gasteiger partial charge in [-0.05, 0) is 36.1 Å². The summed E-state index contributed by atoms with van der Waals surface area (Å²) in [5, 5.41) is 21.2. The quantitative estimate of drug-likeness (QED) is 0.378. The zero-order valence-electron chi connectivity index (χ0n) is 17.2. The van der Waals surface area contributed by atoms with Gasteiger partial charge in [0, 0.05) is 16.4 Å². The summed E-state index contributed by atoms with van der Waals surface area (Å²) in [6.07, 6.45) is -3.38. The van der Waals surface area contributed by atoms with Gasteiger partial charge in [0.15, 0.2) is 5.75 Å². The van der Waals surface area contributed by atoms with Crippen LogP contribution in [-0.4, -0.2) is 21.2 Å². The van der Waals surface area contributed by atoms with Gasteiger partial charge in [-0.15, -0.1) is 0 Å². The van der Waals surface area contributed by atoms with Gasteiger partial charge in [-0.25, -0.2) is 9.78 Å². The molecule has 0 aliphatic heterocycles. The first-order valence-corrected chi connectivity index (χ1v) is 10.3. The zero-order valence-corrected chi connectivity index (χ0v) is 17.2. The van der Waals surface area contributed by atoms with E-state index < -0.39 is 28.9 Å². The Labute approximate surface area is 187 Å². The lowest BCUT2D eigenvalue weighted by atomic mass is 9.88. The van der Waals surface area contributed by atoms with E-state index in [0.29, 0.717) is 34.9 Å². The average Bonchev–Trinajstić information content (AvgIpc) is 3.60. The molecule has 4 nitrogen and oxygen atoms in total. The molecule has 0 radical (unpaired) electrons. The van der Waals surface area contributed by atoms with Gasteiger partial charge in [0.2, 0.25) is 0 Å². The van der Waals surface area contributed by atoms with Crippen LogP contribution in [0.1, 0.15) is 40.0 Å². The van der Waals surface area contributed by atoms with Gasteiger partial charge in [-0.3, -0.25) is 0 Å². The van der Waals surface area contributed by atoms with Gasteiger partial charge in [0.25, 0.3) is 0 Å². The fourth-order valence-electron chi connectivity index (χ4n) is 4.44. The third-order valence-corrected chi connectivity index (χ3v) is 6.26. The summed E-state index contributed by atoms with van der Waals surface area (Å²) in [5.41, 5.74) is 0.842. The number of carboxylic acids is 1. The first-order chi connectivity index (χ1) is 15.7. The number of fused-ring (bicyclic) bond motifs is 1. The fourth-order valence-corrected chi connectivity index (χ4v) is 4.44. The molecule has 1 saturated carbocycles. The number of rotatable bonds is 4. The van der Waals surface area contributed by atoms with Crippen LogP contribution >= 0.6 is 0 Å². The summed E-state index contributed by atoms with van der Waals surface area (Å²) in [6.45, 7) is 0. The molecule has 1 aliphatic rings. The molecule has 5 rings (SSSR count). The standard InChI is InChI=1S/C26H18F3NO3/c27-26(28,29)17-11-9-16(10-12-17)25(13-14-25)23-22(31)20(24(32)33)19-8-4-7-18(21(19)30-23)15-5-2-1-3-6-15/h1-12,31H,13-14H2,(H,32,33). The molecule has 1 aromatic heterocycles. The predicted octanol–water partition coefficient (Wildman–Crippen LogP) is 6.40. The summed E-state index contributed by atoms with van der Waals surface area (Å²) in [7, 11) is 0. The third-order valence-electron chi connectivity index (χ3n) is 6.26. The minimum atomic E-state index is -4.46. The lowest BCUT2D eigenvalue weighted by Gasteiger charge is -2.20. The zero-order chi connectivity index (χ0) is 23.4. The second-order valence-corrected chi connectivity index (χ2v) is 8.21. The first kappa shape index (κ1) is 21.0. The van der Waals surface area contributed by atoms with E-state index in [0.717, 1.165) is 17.7 Å². The molecule has 1 aliphatic carbocycles. The summed E-state index contributed by atoms with van der Waals surface area (Å²) in [5.74, 6) is -1.74. The number of carboxylic acid groups (broad SMARTS) is 1. The lowest BCUT2D eigenvalue weighted by molar-refractivity contribution is -0.137. The van der Waals surface area contributed by atoms with Crippen LogP contribution in [0.3, 0.4) is 0 Å². The molecule has 33 heavy (non-hydrogen) atoms. The number of nitrogens with zero attached hydrogens (tertiary/aromatic N) is 1. The molecule has 166 valence electrons. The van der Waals surface area contributed by atoms with Crippen molar-refractivity contribution in [3.8, 4) is 16.9 Å². The molecule has 3 aromatic carbocycles. The summed E-state index contributed by atoms with van der Waals surface area (Å²) >= 11 is 0. The Bertz CT molecular complexity index is 1380. The van der Waals surface area contributed by atoms with Gasteiger partial charge in [-0.2, -0.15) is 13.2 Å². The minimum Gasteiger partial charge on any atom is -0.505 e. The largest absolute Gasteiger partial charge is 0.505 e. The lowest BCUT2D eigenvalue weighted by Crippen LogP contribution is -2.15. The van der Waals surface area contributed by atoms with E-state index in [1.54, 1.807) is 12.1 Å². The van der Waals surface area contributed by atoms with Crippen LogP contribution in [0.4, 0.5) is 13.2 Å². The number of pyridine rings is 1. The van der Waals surface area contributed by atoms with Crippen LogP contribution < -0.4 is 0 Å². The van der Waals surface area contributed by atoms with Crippen molar-refractivity contribution in [2.24, 2.45) is 0 Å². The SMILES string of the molecule is O=C(O)c1c(O)c(C2(c3ccc(C(F)(F)F)cc3)CC2)nc2c(-c3ccccc3)cccc12. The first-order valence-electron chi connectivity index (χ1n) is 10.3. The van der Waals surface area contributed by atoms with Crippen molar-refractivity contribution >= 4 is 16.9 Å². The van der Waals surface area contributed by atoms with Crippen molar-refractivity contribution in [2.75, 3.05) is 0 Å². The van der Waals surface area contributed by atoms with E-state index in [9.17, 15) is 28.2 Å². The molecule has 0 saturated heterocycles. The Hall–Kier alpha value is -3.87. The topological polar surface area (TPSA) is 70.4 Å². The number of alkyl halides is 3. The molecular formula is C26H18F3NO3. The van der Waals surface area contributed by atoms with Crippen molar-refractivity contribution in [1.82, 2.24) is 4.98 Å². The molecule has 0 spiro atoms. The number of hydrogen-bond acceptors (Lipinski definition) is 3.